The molecule has 152 valence electrons. The first-order chi connectivity index (χ1) is 14.6. The Balaban J connectivity index is 1.84. The number of anilines is 1. The Kier molecular flexibility index (Phi) is 5.53. The fourth-order valence-electron chi connectivity index (χ4n) is 3.65. The Morgan fingerprint density at radius 1 is 1.00 bits per heavy atom. The van der Waals surface area contributed by atoms with Crippen LogP contribution in [0.2, 0.25) is 0 Å². The Morgan fingerprint density at radius 2 is 1.87 bits per heavy atom. The molecule has 0 amide bonds. The molecule has 0 aliphatic carbocycles. The number of nitrogens with zero attached hydrogens (tertiary/aromatic N) is 2. The second-order valence-electron chi connectivity index (χ2n) is 7.33. The van der Waals surface area contributed by atoms with Crippen molar-refractivity contribution >= 4 is 16.7 Å². The molecule has 2 heterocycles. The van der Waals surface area contributed by atoms with E-state index in [9.17, 15) is 5.11 Å². The van der Waals surface area contributed by atoms with E-state index in [2.05, 4.69) is 21.4 Å². The second kappa shape index (κ2) is 8.41. The minimum atomic E-state index is -0.305. The van der Waals surface area contributed by atoms with Crippen molar-refractivity contribution in [3.8, 4) is 11.5 Å². The van der Waals surface area contributed by atoms with Crippen LogP contribution in [0.4, 0.5) is 5.82 Å². The molecule has 4 aromatic rings. The van der Waals surface area contributed by atoms with Crippen molar-refractivity contribution in [2.24, 2.45) is 0 Å². The summed E-state index contributed by atoms with van der Waals surface area (Å²) in [6.45, 7) is 6.64. The monoisotopic (exact) mass is 399 g/mol. The molecule has 4 rings (SSSR count). The molecule has 5 heteroatoms. The highest BCUT2D eigenvalue weighted by Gasteiger charge is 2.21. The van der Waals surface area contributed by atoms with Crippen LogP contribution in [0.1, 0.15) is 35.2 Å². The van der Waals surface area contributed by atoms with E-state index in [0.717, 1.165) is 39.2 Å². The van der Waals surface area contributed by atoms with Crippen LogP contribution in [0.5, 0.6) is 11.5 Å². The van der Waals surface area contributed by atoms with Gasteiger partial charge in [0, 0.05) is 23.3 Å². The lowest BCUT2D eigenvalue weighted by Gasteiger charge is -2.23. The van der Waals surface area contributed by atoms with Crippen LogP contribution in [0.25, 0.3) is 10.9 Å². The lowest BCUT2D eigenvalue weighted by molar-refractivity contribution is 0.338. The average Bonchev–Trinajstić information content (AvgIpc) is 2.75. The molecule has 5 nitrogen and oxygen atoms in total. The van der Waals surface area contributed by atoms with Crippen molar-refractivity contribution in [3.05, 3.63) is 89.2 Å². The van der Waals surface area contributed by atoms with E-state index in [1.807, 2.05) is 69.3 Å². The summed E-state index contributed by atoms with van der Waals surface area (Å²) in [5.41, 5.74) is 4.48. The average molecular weight is 399 g/mol. The van der Waals surface area contributed by atoms with E-state index in [-0.39, 0.29) is 11.8 Å². The SMILES string of the molecule is CCOc1ccc([C@H](Nc2cc(C)ccn2)c2ccc3cccnc3c2O)cc1C. The molecule has 0 radical (unpaired) electrons. The molecule has 2 N–H and O–H groups in total. The molecule has 0 aliphatic heterocycles. The van der Waals surface area contributed by atoms with Gasteiger partial charge in [-0.25, -0.2) is 4.98 Å². The van der Waals surface area contributed by atoms with E-state index >= 15 is 0 Å². The zero-order valence-electron chi connectivity index (χ0n) is 17.4. The van der Waals surface area contributed by atoms with Crippen molar-refractivity contribution in [2.75, 3.05) is 11.9 Å². The zero-order valence-corrected chi connectivity index (χ0v) is 17.4. The number of ether oxygens (including phenoxy) is 1. The van der Waals surface area contributed by atoms with Crippen molar-refractivity contribution < 1.29 is 9.84 Å². The quantitative estimate of drug-likeness (QED) is 0.445. The Morgan fingerprint density at radius 3 is 2.63 bits per heavy atom. The van der Waals surface area contributed by atoms with Crippen LogP contribution in [0, 0.1) is 13.8 Å². The third kappa shape index (κ3) is 3.92. The number of hydrogen-bond acceptors (Lipinski definition) is 5. The first-order valence-corrected chi connectivity index (χ1v) is 10.1. The minimum Gasteiger partial charge on any atom is -0.505 e. The Labute approximate surface area is 176 Å². The molecule has 0 saturated heterocycles. The van der Waals surface area contributed by atoms with Gasteiger partial charge in [0.2, 0.25) is 0 Å². The number of aryl methyl sites for hydroxylation is 2. The maximum absolute atomic E-state index is 11.1. The van der Waals surface area contributed by atoms with Crippen molar-refractivity contribution in [1.29, 1.82) is 0 Å². The van der Waals surface area contributed by atoms with Gasteiger partial charge in [-0.1, -0.05) is 24.3 Å². The summed E-state index contributed by atoms with van der Waals surface area (Å²) >= 11 is 0. The molecule has 2 aromatic heterocycles. The largest absolute Gasteiger partial charge is 0.505 e. The van der Waals surface area contributed by atoms with Crippen LogP contribution in [0.3, 0.4) is 0 Å². The predicted molar refractivity (Wildman–Crippen MR) is 120 cm³/mol. The standard InChI is InChI=1S/C25H25N3O2/c1-4-30-21-10-8-19(15-17(21)3)23(28-22-14-16(2)11-13-26-22)20-9-7-18-6-5-12-27-24(18)25(20)29/h5-15,23,29H,4H2,1-3H3,(H,26,28)/t23-/m0/s1. The summed E-state index contributed by atoms with van der Waals surface area (Å²) in [7, 11) is 0. The highest BCUT2D eigenvalue weighted by Crippen LogP contribution is 2.37. The van der Waals surface area contributed by atoms with Crippen molar-refractivity contribution in [3.63, 3.8) is 0 Å². The van der Waals surface area contributed by atoms with Crippen LogP contribution in [0.15, 0.2) is 67.0 Å². The number of fused-ring (bicyclic) bond motifs is 1. The Bertz CT molecular complexity index is 1190. The molecular formula is C25H25N3O2. The van der Waals surface area contributed by atoms with Gasteiger partial charge in [0.25, 0.3) is 0 Å². The van der Waals surface area contributed by atoms with Gasteiger partial charge >= 0.3 is 0 Å². The van der Waals surface area contributed by atoms with Gasteiger partial charge in [-0.2, -0.15) is 0 Å². The second-order valence-corrected chi connectivity index (χ2v) is 7.33. The third-order valence-corrected chi connectivity index (χ3v) is 5.13. The summed E-state index contributed by atoms with van der Waals surface area (Å²) in [6.07, 6.45) is 3.47. The number of phenols is 1. The molecular weight excluding hydrogens is 374 g/mol. The number of rotatable bonds is 6. The van der Waals surface area contributed by atoms with E-state index in [1.54, 1.807) is 12.4 Å². The molecule has 0 bridgehead atoms. The fraction of sp³-hybridized carbons (Fsp3) is 0.200. The van der Waals surface area contributed by atoms with Crippen LogP contribution >= 0.6 is 0 Å². The number of aromatic hydroxyl groups is 1. The normalized spacial score (nSPS) is 12.0. The minimum absolute atomic E-state index is 0.171. The summed E-state index contributed by atoms with van der Waals surface area (Å²) in [6, 6.07) is 17.5. The van der Waals surface area contributed by atoms with Crippen LogP contribution in [-0.4, -0.2) is 21.7 Å². The van der Waals surface area contributed by atoms with Gasteiger partial charge in [0.1, 0.15) is 22.8 Å². The topological polar surface area (TPSA) is 67.3 Å². The number of nitrogens with one attached hydrogen (secondary N) is 1. The van der Waals surface area contributed by atoms with E-state index in [4.69, 9.17) is 4.74 Å². The molecule has 0 fully saturated rings. The molecule has 0 saturated carbocycles. The maximum Gasteiger partial charge on any atom is 0.147 e. The first kappa shape index (κ1) is 19.7. The smallest absolute Gasteiger partial charge is 0.147 e. The number of aromatic nitrogens is 2. The molecule has 30 heavy (non-hydrogen) atoms. The van der Waals surface area contributed by atoms with Gasteiger partial charge < -0.3 is 15.2 Å². The number of pyridine rings is 2. The van der Waals surface area contributed by atoms with Gasteiger partial charge in [0.05, 0.1) is 12.6 Å². The van der Waals surface area contributed by atoms with E-state index in [1.165, 1.54) is 0 Å². The molecule has 0 aliphatic rings. The van der Waals surface area contributed by atoms with Crippen molar-refractivity contribution in [1.82, 2.24) is 9.97 Å². The summed E-state index contributed by atoms with van der Waals surface area (Å²) in [5, 5.41) is 15.5. The summed E-state index contributed by atoms with van der Waals surface area (Å²) in [5.74, 6) is 1.77. The molecule has 2 aromatic carbocycles. The predicted octanol–water partition coefficient (Wildman–Crippen LogP) is 5.55. The van der Waals surface area contributed by atoms with Gasteiger partial charge in [0.15, 0.2) is 0 Å². The summed E-state index contributed by atoms with van der Waals surface area (Å²) in [4.78, 5) is 8.84. The van der Waals surface area contributed by atoms with Gasteiger partial charge in [-0.05, 0) is 67.8 Å². The summed E-state index contributed by atoms with van der Waals surface area (Å²) < 4.78 is 5.70. The number of benzene rings is 2. The van der Waals surface area contributed by atoms with Gasteiger partial charge in [-0.15, -0.1) is 0 Å². The maximum atomic E-state index is 11.1. The Hall–Kier alpha value is -3.60. The fourth-order valence-corrected chi connectivity index (χ4v) is 3.65. The lowest BCUT2D eigenvalue weighted by Crippen LogP contribution is -2.14. The van der Waals surface area contributed by atoms with Gasteiger partial charge in [-0.3, -0.25) is 4.98 Å². The first-order valence-electron chi connectivity index (χ1n) is 10.1. The zero-order chi connectivity index (χ0) is 21.1. The van der Waals surface area contributed by atoms with Crippen LogP contribution < -0.4 is 10.1 Å². The number of hydrogen-bond donors (Lipinski definition) is 2. The van der Waals surface area contributed by atoms with Crippen molar-refractivity contribution in [2.45, 2.75) is 26.8 Å². The number of phenolic OH excluding ortho intramolecular Hbond substituents is 1. The molecule has 1 atom stereocenters. The highest BCUT2D eigenvalue weighted by atomic mass is 16.5. The van der Waals surface area contributed by atoms with E-state index < -0.39 is 0 Å². The molecule has 0 unspecified atom stereocenters. The van der Waals surface area contributed by atoms with E-state index in [0.29, 0.717) is 12.1 Å². The van der Waals surface area contributed by atoms with Crippen LogP contribution in [-0.2, 0) is 0 Å². The highest BCUT2D eigenvalue weighted by molar-refractivity contribution is 5.86. The lowest BCUT2D eigenvalue weighted by atomic mass is 9.95. The molecule has 0 spiro atoms. The third-order valence-electron chi connectivity index (χ3n) is 5.13.